The predicted molar refractivity (Wildman–Crippen MR) is 128 cm³/mol. The van der Waals surface area contributed by atoms with Gasteiger partial charge in [-0.2, -0.15) is 0 Å². The Morgan fingerprint density at radius 2 is 1.72 bits per heavy atom. The fraction of sp³-hybridized carbons (Fsp3) is 0.136. The SMILES string of the molecule is CNc1nc(C)c(-c2ccnc(Nc3ccc(S(=O)(=O)NCc4ccccc4)cc3)n2)s1. The van der Waals surface area contributed by atoms with Gasteiger partial charge in [-0.25, -0.2) is 28.1 Å². The number of rotatable bonds is 8. The molecule has 0 unspecified atom stereocenters. The maximum absolute atomic E-state index is 12.6. The van der Waals surface area contributed by atoms with Crippen LogP contribution in [0.25, 0.3) is 10.6 Å². The quantitative estimate of drug-likeness (QED) is 0.357. The topological polar surface area (TPSA) is 109 Å². The van der Waals surface area contributed by atoms with Crippen LogP contribution in [0.4, 0.5) is 16.8 Å². The standard InChI is InChI=1S/C22H22N6O2S2/c1-15-20(31-22(23-2)26-15)19-12-13-24-21(28-19)27-17-8-10-18(11-9-17)32(29,30)25-14-16-6-4-3-5-7-16/h3-13,25H,14H2,1-2H3,(H,23,26)(H,24,27,28). The van der Waals surface area contributed by atoms with Crippen molar-refractivity contribution in [2.24, 2.45) is 0 Å². The van der Waals surface area contributed by atoms with E-state index in [9.17, 15) is 8.42 Å². The molecule has 32 heavy (non-hydrogen) atoms. The second kappa shape index (κ2) is 9.43. The molecule has 4 rings (SSSR count). The molecule has 2 aromatic carbocycles. The van der Waals surface area contributed by atoms with E-state index in [1.165, 1.54) is 11.3 Å². The Bertz CT molecular complexity index is 1310. The summed E-state index contributed by atoms with van der Waals surface area (Å²) < 4.78 is 27.8. The molecule has 8 nitrogen and oxygen atoms in total. The van der Waals surface area contributed by atoms with Gasteiger partial charge in [0.15, 0.2) is 5.13 Å². The number of aryl methyl sites for hydroxylation is 1. The minimum absolute atomic E-state index is 0.188. The second-order valence-electron chi connectivity index (χ2n) is 6.91. The third-order valence-electron chi connectivity index (χ3n) is 4.63. The van der Waals surface area contributed by atoms with Crippen LogP contribution in [0.5, 0.6) is 0 Å². The smallest absolute Gasteiger partial charge is 0.240 e. The molecule has 0 spiro atoms. The number of anilines is 3. The van der Waals surface area contributed by atoms with Crippen LogP contribution in [0.1, 0.15) is 11.3 Å². The molecule has 10 heteroatoms. The van der Waals surface area contributed by atoms with Gasteiger partial charge in [0.2, 0.25) is 16.0 Å². The Balaban J connectivity index is 1.46. The summed E-state index contributed by atoms with van der Waals surface area (Å²) >= 11 is 1.52. The van der Waals surface area contributed by atoms with E-state index < -0.39 is 10.0 Å². The summed E-state index contributed by atoms with van der Waals surface area (Å²) in [5, 5.41) is 6.99. The van der Waals surface area contributed by atoms with Crippen molar-refractivity contribution >= 4 is 38.1 Å². The van der Waals surface area contributed by atoms with Crippen LogP contribution < -0.4 is 15.4 Å². The van der Waals surface area contributed by atoms with E-state index in [1.54, 1.807) is 30.5 Å². The van der Waals surface area contributed by atoms with Crippen LogP contribution in [0.15, 0.2) is 71.8 Å². The van der Waals surface area contributed by atoms with E-state index in [2.05, 4.69) is 30.3 Å². The largest absolute Gasteiger partial charge is 0.365 e. The van der Waals surface area contributed by atoms with Crippen molar-refractivity contribution in [3.05, 3.63) is 78.1 Å². The summed E-state index contributed by atoms with van der Waals surface area (Å²) in [6, 6.07) is 17.7. The number of sulfonamides is 1. The summed E-state index contributed by atoms with van der Waals surface area (Å²) in [5.74, 6) is 0.416. The van der Waals surface area contributed by atoms with Crippen LogP contribution in [-0.4, -0.2) is 30.4 Å². The molecular weight excluding hydrogens is 444 g/mol. The number of hydrogen-bond donors (Lipinski definition) is 3. The first-order chi connectivity index (χ1) is 15.4. The number of hydrogen-bond acceptors (Lipinski definition) is 8. The Hall–Kier alpha value is -3.34. The zero-order chi connectivity index (χ0) is 22.6. The van der Waals surface area contributed by atoms with Gasteiger partial charge in [-0.3, -0.25) is 0 Å². The van der Waals surface area contributed by atoms with Crippen molar-refractivity contribution < 1.29 is 8.42 Å². The van der Waals surface area contributed by atoms with Crippen LogP contribution in [0, 0.1) is 6.92 Å². The molecule has 0 bridgehead atoms. The zero-order valence-corrected chi connectivity index (χ0v) is 19.2. The summed E-state index contributed by atoms with van der Waals surface area (Å²) in [6.45, 7) is 2.17. The molecule has 3 N–H and O–H groups in total. The van der Waals surface area contributed by atoms with E-state index in [0.717, 1.165) is 27.0 Å². The number of aromatic nitrogens is 3. The van der Waals surface area contributed by atoms with Crippen LogP contribution in [0.3, 0.4) is 0 Å². The van der Waals surface area contributed by atoms with Gasteiger partial charge in [0.25, 0.3) is 0 Å². The molecule has 0 saturated carbocycles. The van der Waals surface area contributed by atoms with Crippen molar-refractivity contribution in [3.8, 4) is 10.6 Å². The van der Waals surface area contributed by atoms with Gasteiger partial charge in [-0.05, 0) is 42.8 Å². The fourth-order valence-corrected chi connectivity index (χ4v) is 4.90. The molecule has 0 fully saturated rings. The molecule has 0 aliphatic rings. The molecule has 0 aliphatic heterocycles. The molecule has 2 heterocycles. The zero-order valence-electron chi connectivity index (χ0n) is 17.5. The predicted octanol–water partition coefficient (Wildman–Crippen LogP) is 4.17. The van der Waals surface area contributed by atoms with E-state index in [1.807, 2.05) is 50.4 Å². The third-order valence-corrected chi connectivity index (χ3v) is 7.24. The van der Waals surface area contributed by atoms with E-state index in [0.29, 0.717) is 11.6 Å². The average molecular weight is 467 g/mol. The van der Waals surface area contributed by atoms with Crippen molar-refractivity contribution in [1.29, 1.82) is 0 Å². The van der Waals surface area contributed by atoms with E-state index >= 15 is 0 Å². The lowest BCUT2D eigenvalue weighted by Crippen LogP contribution is -2.23. The summed E-state index contributed by atoms with van der Waals surface area (Å²) in [4.78, 5) is 14.4. The Morgan fingerprint density at radius 3 is 2.41 bits per heavy atom. The lowest BCUT2D eigenvalue weighted by atomic mass is 10.2. The Morgan fingerprint density at radius 1 is 0.969 bits per heavy atom. The van der Waals surface area contributed by atoms with E-state index in [4.69, 9.17) is 0 Å². The van der Waals surface area contributed by atoms with Crippen molar-refractivity contribution in [1.82, 2.24) is 19.7 Å². The van der Waals surface area contributed by atoms with Crippen molar-refractivity contribution in [3.63, 3.8) is 0 Å². The molecule has 2 aromatic heterocycles. The minimum atomic E-state index is -3.62. The molecule has 0 atom stereocenters. The molecule has 4 aromatic rings. The molecule has 0 amide bonds. The minimum Gasteiger partial charge on any atom is -0.365 e. The Kier molecular flexibility index (Phi) is 6.45. The van der Waals surface area contributed by atoms with Gasteiger partial charge in [0, 0.05) is 25.5 Å². The average Bonchev–Trinajstić information content (AvgIpc) is 3.20. The number of benzene rings is 2. The number of thiazole rings is 1. The van der Waals surface area contributed by atoms with Gasteiger partial charge >= 0.3 is 0 Å². The van der Waals surface area contributed by atoms with Crippen molar-refractivity contribution in [2.45, 2.75) is 18.4 Å². The third kappa shape index (κ3) is 5.10. The summed E-state index contributed by atoms with van der Waals surface area (Å²) in [7, 11) is -1.79. The maximum Gasteiger partial charge on any atom is 0.240 e. The van der Waals surface area contributed by atoms with Gasteiger partial charge in [0.05, 0.1) is 21.2 Å². The normalized spacial score (nSPS) is 11.3. The molecule has 0 aliphatic carbocycles. The second-order valence-corrected chi connectivity index (χ2v) is 9.67. The van der Waals surface area contributed by atoms with Crippen LogP contribution >= 0.6 is 11.3 Å². The van der Waals surface area contributed by atoms with Gasteiger partial charge in [-0.1, -0.05) is 41.7 Å². The first-order valence-corrected chi connectivity index (χ1v) is 12.1. The number of nitrogens with zero attached hydrogens (tertiary/aromatic N) is 3. The van der Waals surface area contributed by atoms with Gasteiger partial charge in [-0.15, -0.1) is 0 Å². The molecule has 0 saturated heterocycles. The van der Waals surface area contributed by atoms with Crippen molar-refractivity contribution in [2.75, 3.05) is 17.7 Å². The van der Waals surface area contributed by atoms with E-state index in [-0.39, 0.29) is 11.4 Å². The van der Waals surface area contributed by atoms with Crippen LogP contribution in [-0.2, 0) is 16.6 Å². The van der Waals surface area contributed by atoms with Crippen LogP contribution in [0.2, 0.25) is 0 Å². The molecule has 164 valence electrons. The summed E-state index contributed by atoms with van der Waals surface area (Å²) in [6.07, 6.45) is 1.68. The highest BCUT2D eigenvalue weighted by Crippen LogP contribution is 2.31. The summed E-state index contributed by atoms with van der Waals surface area (Å²) in [5.41, 5.74) is 3.23. The highest BCUT2D eigenvalue weighted by molar-refractivity contribution is 7.89. The van der Waals surface area contributed by atoms with Gasteiger partial charge in [0.1, 0.15) is 0 Å². The highest BCUT2D eigenvalue weighted by Gasteiger charge is 2.14. The molecule has 0 radical (unpaired) electrons. The number of nitrogens with one attached hydrogen (secondary N) is 3. The molecular formula is C22H22N6O2S2. The first-order valence-electron chi connectivity index (χ1n) is 9.84. The lowest BCUT2D eigenvalue weighted by molar-refractivity contribution is 0.581. The maximum atomic E-state index is 12.6. The first kappa shape index (κ1) is 21.9. The highest BCUT2D eigenvalue weighted by atomic mass is 32.2. The van der Waals surface area contributed by atoms with Gasteiger partial charge < -0.3 is 10.6 Å². The lowest BCUT2D eigenvalue weighted by Gasteiger charge is -2.09. The monoisotopic (exact) mass is 466 g/mol. The Labute approximate surface area is 190 Å². The fourth-order valence-electron chi connectivity index (χ4n) is 2.99.